The highest BCUT2D eigenvalue weighted by atomic mass is 32.2. The second-order valence-corrected chi connectivity index (χ2v) is 6.53. The van der Waals surface area contributed by atoms with Crippen LogP contribution >= 0.6 is 11.8 Å². The molecule has 0 radical (unpaired) electrons. The first kappa shape index (κ1) is 16.3. The fourth-order valence-corrected chi connectivity index (χ4v) is 3.48. The fourth-order valence-electron chi connectivity index (χ4n) is 2.30. The van der Waals surface area contributed by atoms with Gasteiger partial charge in [-0.1, -0.05) is 60.3 Å². The Bertz CT molecular complexity index is 802. The van der Waals surface area contributed by atoms with Crippen LogP contribution in [0.2, 0.25) is 0 Å². The maximum absolute atomic E-state index is 12.7. The Morgan fingerprint density at radius 2 is 1.67 bits per heavy atom. The highest BCUT2D eigenvalue weighted by Crippen LogP contribution is 2.36. The monoisotopic (exact) mass is 338 g/mol. The van der Waals surface area contributed by atoms with Gasteiger partial charge in [-0.15, -0.1) is 10.2 Å². The molecule has 0 aliphatic heterocycles. The molecular formula is C18H18N4OS. The Hall–Kier alpha value is -2.60. The summed E-state index contributed by atoms with van der Waals surface area (Å²) in [6.45, 7) is 0. The third-order valence-corrected chi connectivity index (χ3v) is 4.74. The van der Waals surface area contributed by atoms with E-state index in [9.17, 15) is 4.79 Å². The van der Waals surface area contributed by atoms with Crippen LogP contribution in [-0.4, -0.2) is 39.7 Å². The lowest BCUT2D eigenvalue weighted by molar-refractivity contribution is -0.128. The zero-order chi connectivity index (χ0) is 16.9. The molecule has 0 fully saturated rings. The van der Waals surface area contributed by atoms with E-state index in [1.807, 2.05) is 65.2 Å². The summed E-state index contributed by atoms with van der Waals surface area (Å²) < 4.78 is 1.89. The molecule has 1 atom stereocenters. The molecule has 0 N–H and O–H groups in total. The van der Waals surface area contributed by atoms with Gasteiger partial charge in [-0.25, -0.2) is 0 Å². The van der Waals surface area contributed by atoms with Crippen molar-refractivity contribution in [3.05, 3.63) is 72.6 Å². The zero-order valence-corrected chi connectivity index (χ0v) is 14.4. The largest absolute Gasteiger partial charge is 0.348 e. The first-order valence-corrected chi connectivity index (χ1v) is 8.43. The molecule has 0 bridgehead atoms. The molecule has 0 aliphatic carbocycles. The van der Waals surface area contributed by atoms with Crippen molar-refractivity contribution in [3.8, 4) is 5.69 Å². The predicted octanol–water partition coefficient (Wildman–Crippen LogP) is 3.19. The van der Waals surface area contributed by atoms with E-state index in [-0.39, 0.29) is 11.2 Å². The number of likely N-dealkylation sites (N-methyl/N-ethyl adjacent to an activating group) is 1. The van der Waals surface area contributed by atoms with Gasteiger partial charge in [-0.05, 0) is 17.7 Å². The molecular weight excluding hydrogens is 320 g/mol. The van der Waals surface area contributed by atoms with Crippen molar-refractivity contribution in [3.63, 3.8) is 0 Å². The summed E-state index contributed by atoms with van der Waals surface area (Å²) in [6.07, 6.45) is 1.67. The van der Waals surface area contributed by atoms with Crippen molar-refractivity contribution in [2.45, 2.75) is 10.4 Å². The molecule has 6 heteroatoms. The Labute approximate surface area is 145 Å². The van der Waals surface area contributed by atoms with E-state index in [0.29, 0.717) is 5.16 Å². The number of carbonyl (C=O) groups is 1. The van der Waals surface area contributed by atoms with Gasteiger partial charge in [-0.3, -0.25) is 9.36 Å². The molecule has 24 heavy (non-hydrogen) atoms. The Morgan fingerprint density at radius 1 is 1.04 bits per heavy atom. The van der Waals surface area contributed by atoms with E-state index in [1.165, 1.54) is 11.8 Å². The number of hydrogen-bond donors (Lipinski definition) is 0. The summed E-state index contributed by atoms with van der Waals surface area (Å²) in [5.74, 6) is 0.0220. The lowest BCUT2D eigenvalue weighted by Crippen LogP contribution is -2.26. The van der Waals surface area contributed by atoms with Gasteiger partial charge in [0.25, 0.3) is 0 Å². The van der Waals surface area contributed by atoms with Crippen molar-refractivity contribution in [1.29, 1.82) is 0 Å². The molecule has 122 valence electrons. The molecule has 3 aromatic rings. The average Bonchev–Trinajstić information content (AvgIpc) is 3.09. The van der Waals surface area contributed by atoms with Gasteiger partial charge in [0.05, 0.1) is 0 Å². The smallest absolute Gasteiger partial charge is 0.240 e. The molecule has 0 saturated heterocycles. The minimum Gasteiger partial charge on any atom is -0.348 e. The van der Waals surface area contributed by atoms with Gasteiger partial charge in [0, 0.05) is 19.8 Å². The molecule has 5 nitrogen and oxygen atoms in total. The lowest BCUT2D eigenvalue weighted by Gasteiger charge is -2.20. The van der Waals surface area contributed by atoms with Gasteiger partial charge < -0.3 is 4.90 Å². The first-order chi connectivity index (χ1) is 11.7. The standard InChI is InChI=1S/C18H18N4OS/c1-21(2)17(23)16(14-9-5-3-6-10-14)24-18-20-19-13-22(18)15-11-7-4-8-12-15/h3-13,16H,1-2H3/t16-/m0/s1. The molecule has 0 spiro atoms. The number of para-hydroxylation sites is 1. The quantitative estimate of drug-likeness (QED) is 0.671. The molecule has 0 unspecified atom stereocenters. The third-order valence-electron chi connectivity index (χ3n) is 3.54. The van der Waals surface area contributed by atoms with Crippen molar-refractivity contribution >= 4 is 17.7 Å². The summed E-state index contributed by atoms with van der Waals surface area (Å²) in [7, 11) is 3.53. The number of nitrogens with zero attached hydrogens (tertiary/aromatic N) is 4. The predicted molar refractivity (Wildman–Crippen MR) is 95.1 cm³/mol. The van der Waals surface area contributed by atoms with Gasteiger partial charge in [0.15, 0.2) is 5.16 Å². The van der Waals surface area contributed by atoms with Gasteiger partial charge in [-0.2, -0.15) is 0 Å². The van der Waals surface area contributed by atoms with E-state index in [1.54, 1.807) is 25.3 Å². The number of benzene rings is 2. The van der Waals surface area contributed by atoms with E-state index in [2.05, 4.69) is 10.2 Å². The summed E-state index contributed by atoms with van der Waals surface area (Å²) in [5, 5.41) is 8.54. The summed E-state index contributed by atoms with van der Waals surface area (Å²) in [5.41, 5.74) is 1.91. The average molecular weight is 338 g/mol. The highest BCUT2D eigenvalue weighted by molar-refractivity contribution is 8.00. The van der Waals surface area contributed by atoms with Crippen LogP contribution in [-0.2, 0) is 4.79 Å². The van der Waals surface area contributed by atoms with Crippen LogP contribution in [0.5, 0.6) is 0 Å². The minimum absolute atomic E-state index is 0.0220. The molecule has 1 amide bonds. The van der Waals surface area contributed by atoms with E-state index < -0.39 is 0 Å². The Kier molecular flexibility index (Phi) is 4.96. The zero-order valence-electron chi connectivity index (χ0n) is 13.5. The Balaban J connectivity index is 1.95. The molecule has 0 aliphatic rings. The second-order valence-electron chi connectivity index (χ2n) is 5.46. The van der Waals surface area contributed by atoms with E-state index in [4.69, 9.17) is 0 Å². The second kappa shape index (κ2) is 7.31. The fraction of sp³-hybridized carbons (Fsp3) is 0.167. The van der Waals surface area contributed by atoms with Gasteiger partial charge in [0.1, 0.15) is 11.6 Å². The lowest BCUT2D eigenvalue weighted by atomic mass is 10.1. The number of amides is 1. The molecule has 0 saturated carbocycles. The van der Waals surface area contributed by atoms with E-state index in [0.717, 1.165) is 11.3 Å². The van der Waals surface area contributed by atoms with Crippen LogP contribution in [0.25, 0.3) is 5.69 Å². The summed E-state index contributed by atoms with van der Waals surface area (Å²) in [4.78, 5) is 14.3. The van der Waals surface area contributed by atoms with Crippen LogP contribution in [0.1, 0.15) is 10.8 Å². The maximum atomic E-state index is 12.7. The number of thioether (sulfide) groups is 1. The Morgan fingerprint density at radius 3 is 2.29 bits per heavy atom. The number of aromatic nitrogens is 3. The van der Waals surface area contributed by atoms with Crippen LogP contribution in [0.3, 0.4) is 0 Å². The van der Waals surface area contributed by atoms with E-state index >= 15 is 0 Å². The summed E-state index contributed by atoms with van der Waals surface area (Å²) >= 11 is 1.40. The molecule has 1 heterocycles. The van der Waals surface area contributed by atoms with Crippen LogP contribution in [0.15, 0.2) is 72.1 Å². The minimum atomic E-state index is -0.368. The maximum Gasteiger partial charge on any atom is 0.240 e. The first-order valence-electron chi connectivity index (χ1n) is 7.55. The van der Waals surface area contributed by atoms with Crippen molar-refractivity contribution in [2.75, 3.05) is 14.1 Å². The highest BCUT2D eigenvalue weighted by Gasteiger charge is 2.26. The molecule has 1 aromatic heterocycles. The van der Waals surface area contributed by atoms with Gasteiger partial charge >= 0.3 is 0 Å². The number of carbonyl (C=O) groups excluding carboxylic acids is 1. The third kappa shape index (κ3) is 3.49. The van der Waals surface area contributed by atoms with Crippen molar-refractivity contribution in [1.82, 2.24) is 19.7 Å². The van der Waals surface area contributed by atoms with Crippen molar-refractivity contribution < 1.29 is 4.79 Å². The van der Waals surface area contributed by atoms with Crippen LogP contribution in [0, 0.1) is 0 Å². The SMILES string of the molecule is CN(C)C(=O)[C@@H](Sc1nncn1-c1ccccc1)c1ccccc1. The van der Waals surface area contributed by atoms with Gasteiger partial charge in [0.2, 0.25) is 5.91 Å². The van der Waals surface area contributed by atoms with Crippen LogP contribution in [0.4, 0.5) is 0 Å². The number of rotatable bonds is 5. The topological polar surface area (TPSA) is 51.0 Å². The summed E-state index contributed by atoms with van der Waals surface area (Å²) in [6, 6.07) is 19.6. The number of hydrogen-bond acceptors (Lipinski definition) is 4. The van der Waals surface area contributed by atoms with Crippen LogP contribution < -0.4 is 0 Å². The van der Waals surface area contributed by atoms with Crippen molar-refractivity contribution in [2.24, 2.45) is 0 Å². The molecule has 2 aromatic carbocycles. The normalized spacial score (nSPS) is 11.9. The molecule has 3 rings (SSSR count).